The molecular weight excluding hydrogens is 198 g/mol. The second-order valence-corrected chi connectivity index (χ2v) is 2.55. The minimum absolute atomic E-state index is 0.111. The Morgan fingerprint density at radius 1 is 1.12 bits per heavy atom. The van der Waals surface area contributed by atoms with Crippen LogP contribution in [0.4, 0.5) is 0 Å². The lowest BCUT2D eigenvalue weighted by Gasteiger charge is -2.03. The average molecular weight is 227 g/mol. The van der Waals surface area contributed by atoms with Crippen LogP contribution in [0.2, 0.25) is 0 Å². The Labute approximate surface area is 102 Å². The number of nitrogens with two attached hydrogens (primary N) is 1. The molecule has 0 amide bonds. The Hall–Kier alpha value is -1.05. The van der Waals surface area contributed by atoms with E-state index in [0.29, 0.717) is 17.7 Å². The van der Waals surface area contributed by atoms with Crippen LogP contribution in [-0.2, 0) is 4.79 Å². The highest BCUT2D eigenvalue weighted by atomic mass is 16.1. The number of carbonyl (C=O) groups excluding carboxylic acids is 1. The first-order valence-electron chi connectivity index (χ1n) is 6.32. The molecule has 0 aromatic carbocycles. The van der Waals surface area contributed by atoms with Gasteiger partial charge in [0.05, 0.1) is 0 Å². The molecule has 0 aromatic rings. The van der Waals surface area contributed by atoms with Crippen LogP contribution in [-0.4, -0.2) is 5.78 Å². The largest absolute Gasteiger partial charge is 0.398 e. The van der Waals surface area contributed by atoms with Crippen LogP contribution >= 0.6 is 0 Å². The summed E-state index contributed by atoms with van der Waals surface area (Å²) in [7, 11) is 0. The molecule has 0 aromatic heterocycles. The van der Waals surface area contributed by atoms with Crippen LogP contribution < -0.4 is 5.73 Å². The van der Waals surface area contributed by atoms with Crippen molar-refractivity contribution < 1.29 is 4.79 Å². The van der Waals surface area contributed by atoms with Crippen LogP contribution in [0, 0.1) is 0 Å². The first-order valence-corrected chi connectivity index (χ1v) is 6.32. The summed E-state index contributed by atoms with van der Waals surface area (Å²) in [4.78, 5) is 11.3. The van der Waals surface area contributed by atoms with Gasteiger partial charge in [0, 0.05) is 17.7 Å². The lowest BCUT2D eigenvalue weighted by atomic mass is 10.1. The van der Waals surface area contributed by atoms with Crippen molar-refractivity contribution in [2.24, 2.45) is 5.73 Å². The Bertz CT molecular complexity index is 215. The van der Waals surface area contributed by atoms with Gasteiger partial charge in [-0.15, -0.1) is 0 Å². The van der Waals surface area contributed by atoms with E-state index in [1.54, 1.807) is 6.08 Å². The van der Waals surface area contributed by atoms with E-state index in [-0.39, 0.29) is 5.78 Å². The van der Waals surface area contributed by atoms with Crippen molar-refractivity contribution in [3.63, 3.8) is 0 Å². The molecule has 0 bridgehead atoms. The second kappa shape index (κ2) is 16.4. The van der Waals surface area contributed by atoms with Crippen LogP contribution in [0.15, 0.2) is 23.4 Å². The number of rotatable bonds is 4. The maximum Gasteiger partial charge on any atom is 0.164 e. The van der Waals surface area contributed by atoms with Gasteiger partial charge in [-0.2, -0.15) is 0 Å². The lowest BCUT2D eigenvalue weighted by Crippen LogP contribution is -2.09. The monoisotopic (exact) mass is 227 g/mol. The smallest absolute Gasteiger partial charge is 0.164 e. The highest BCUT2D eigenvalue weighted by Crippen LogP contribution is 2.08. The minimum atomic E-state index is 0.111. The van der Waals surface area contributed by atoms with E-state index in [1.807, 2.05) is 54.5 Å². The summed E-state index contributed by atoms with van der Waals surface area (Å²) in [6.07, 6.45) is 5.01. The van der Waals surface area contributed by atoms with Gasteiger partial charge in [-0.25, -0.2) is 0 Å². The molecule has 0 unspecified atom stereocenters. The quantitative estimate of drug-likeness (QED) is 0.577. The molecule has 0 aliphatic carbocycles. The zero-order chi connectivity index (χ0) is 13.6. The fourth-order valence-corrected chi connectivity index (χ4v) is 1.01. The van der Waals surface area contributed by atoms with E-state index in [9.17, 15) is 4.79 Å². The number of Topliss-reactive ketones (excluding diaryl/α,β-unsaturated/α-hetero) is 1. The van der Waals surface area contributed by atoms with Crippen LogP contribution in [0.3, 0.4) is 0 Å². The molecule has 2 heteroatoms. The zero-order valence-corrected chi connectivity index (χ0v) is 12.1. The van der Waals surface area contributed by atoms with Gasteiger partial charge in [0.1, 0.15) is 0 Å². The molecule has 0 fully saturated rings. The molecule has 0 atom stereocenters. The summed E-state index contributed by atoms with van der Waals surface area (Å²) < 4.78 is 0. The number of allylic oxidation sites excluding steroid dienone is 3. The van der Waals surface area contributed by atoms with Crippen molar-refractivity contribution >= 4 is 5.78 Å². The molecule has 0 aliphatic rings. The van der Waals surface area contributed by atoms with E-state index in [4.69, 9.17) is 5.73 Å². The molecule has 0 aliphatic heterocycles. The lowest BCUT2D eigenvalue weighted by molar-refractivity contribution is -0.115. The van der Waals surface area contributed by atoms with Gasteiger partial charge in [-0.05, 0) is 13.3 Å². The molecule has 0 spiro atoms. The van der Waals surface area contributed by atoms with Crippen molar-refractivity contribution in [2.45, 2.75) is 61.3 Å². The third kappa shape index (κ3) is 9.50. The summed E-state index contributed by atoms with van der Waals surface area (Å²) in [6, 6.07) is 0. The average Bonchev–Trinajstić information content (AvgIpc) is 2.35. The van der Waals surface area contributed by atoms with E-state index in [0.717, 1.165) is 6.42 Å². The summed E-state index contributed by atoms with van der Waals surface area (Å²) >= 11 is 0. The SMILES string of the molecule is C/C=C(C(=O)CC)\C(N)=C/CC.CC.CC. The summed E-state index contributed by atoms with van der Waals surface area (Å²) in [5, 5.41) is 0. The van der Waals surface area contributed by atoms with Gasteiger partial charge in [-0.3, -0.25) is 4.79 Å². The molecule has 96 valence electrons. The Morgan fingerprint density at radius 2 is 1.56 bits per heavy atom. The van der Waals surface area contributed by atoms with Gasteiger partial charge in [0.25, 0.3) is 0 Å². The molecule has 0 rings (SSSR count). The van der Waals surface area contributed by atoms with Crippen molar-refractivity contribution in [1.82, 2.24) is 0 Å². The summed E-state index contributed by atoms with van der Waals surface area (Å²) in [5.74, 6) is 0.111. The Kier molecular flexibility index (Phi) is 20.9. The fraction of sp³-hybridized carbons (Fsp3) is 0.643. The summed E-state index contributed by atoms with van der Waals surface area (Å²) in [5.41, 5.74) is 6.94. The van der Waals surface area contributed by atoms with Crippen LogP contribution in [0.5, 0.6) is 0 Å². The van der Waals surface area contributed by atoms with Gasteiger partial charge >= 0.3 is 0 Å². The molecule has 2 nitrogen and oxygen atoms in total. The molecule has 0 heterocycles. The Morgan fingerprint density at radius 3 is 1.81 bits per heavy atom. The first-order chi connectivity index (χ1) is 7.67. The standard InChI is InChI=1S/C10H17NO.2C2H6/c1-4-7-9(11)8(5-2)10(12)6-3;2*1-2/h5,7H,4,6,11H2,1-3H3;2*1-2H3/b8-5+,9-7+;;. The second-order valence-electron chi connectivity index (χ2n) is 2.55. The third-order valence-electron chi connectivity index (χ3n) is 1.65. The van der Waals surface area contributed by atoms with E-state index < -0.39 is 0 Å². The van der Waals surface area contributed by atoms with Crippen molar-refractivity contribution in [1.29, 1.82) is 0 Å². The van der Waals surface area contributed by atoms with E-state index in [2.05, 4.69) is 0 Å². The third-order valence-corrected chi connectivity index (χ3v) is 1.65. The zero-order valence-electron chi connectivity index (χ0n) is 12.1. The van der Waals surface area contributed by atoms with Gasteiger partial charge in [0.15, 0.2) is 5.78 Å². The Balaban J connectivity index is -0.000000376. The van der Waals surface area contributed by atoms with E-state index in [1.165, 1.54) is 0 Å². The predicted molar refractivity (Wildman–Crippen MR) is 74.3 cm³/mol. The normalized spacial score (nSPS) is 10.7. The van der Waals surface area contributed by atoms with E-state index >= 15 is 0 Å². The van der Waals surface area contributed by atoms with Crippen molar-refractivity contribution in [3.8, 4) is 0 Å². The topological polar surface area (TPSA) is 43.1 Å². The van der Waals surface area contributed by atoms with Crippen molar-refractivity contribution in [3.05, 3.63) is 23.4 Å². The number of ketones is 1. The maximum absolute atomic E-state index is 11.3. The number of hydrogen-bond acceptors (Lipinski definition) is 2. The molecule has 0 saturated carbocycles. The highest BCUT2D eigenvalue weighted by Gasteiger charge is 2.07. The van der Waals surface area contributed by atoms with Crippen molar-refractivity contribution in [2.75, 3.05) is 0 Å². The van der Waals surface area contributed by atoms with Gasteiger partial charge in [-0.1, -0.05) is 53.7 Å². The maximum atomic E-state index is 11.3. The van der Waals surface area contributed by atoms with Gasteiger partial charge < -0.3 is 5.73 Å². The van der Waals surface area contributed by atoms with Crippen LogP contribution in [0.25, 0.3) is 0 Å². The fourth-order valence-electron chi connectivity index (χ4n) is 1.01. The first kappa shape index (κ1) is 20.4. The minimum Gasteiger partial charge on any atom is -0.398 e. The predicted octanol–water partition coefficient (Wildman–Crippen LogP) is 4.22. The molecule has 16 heavy (non-hydrogen) atoms. The molecule has 2 N–H and O–H groups in total. The van der Waals surface area contributed by atoms with Crippen LogP contribution in [0.1, 0.15) is 61.3 Å². The molecular formula is C14H29NO. The van der Waals surface area contributed by atoms with Gasteiger partial charge in [0.2, 0.25) is 0 Å². The number of hydrogen-bond donors (Lipinski definition) is 1. The highest BCUT2D eigenvalue weighted by molar-refractivity contribution is 5.98. The number of carbonyl (C=O) groups is 1. The molecule has 0 radical (unpaired) electrons. The molecule has 0 saturated heterocycles. The summed E-state index contributed by atoms with van der Waals surface area (Å²) in [6.45, 7) is 13.7.